The van der Waals surface area contributed by atoms with Gasteiger partial charge in [0.15, 0.2) is 0 Å². The van der Waals surface area contributed by atoms with Crippen LogP contribution in [0.4, 0.5) is 0 Å². The highest BCUT2D eigenvalue weighted by Crippen LogP contribution is 2.11. The molecule has 1 heterocycles. The van der Waals surface area contributed by atoms with Crippen molar-refractivity contribution in [2.24, 2.45) is 0 Å². The van der Waals surface area contributed by atoms with E-state index in [2.05, 4.69) is 17.2 Å². The van der Waals surface area contributed by atoms with Crippen molar-refractivity contribution in [1.82, 2.24) is 14.9 Å². The Bertz CT molecular complexity index is 945. The Hall–Kier alpha value is -2.95. The van der Waals surface area contributed by atoms with Crippen LogP contribution in [0.15, 0.2) is 59.7 Å². The lowest BCUT2D eigenvalue weighted by Gasteiger charge is -2.08. The van der Waals surface area contributed by atoms with Crippen LogP contribution < -0.4 is 10.9 Å². The van der Waals surface area contributed by atoms with E-state index in [1.165, 1.54) is 23.7 Å². The molecule has 5 heteroatoms. The fraction of sp³-hybridized carbons (Fsp3) is 0.286. The third-order valence-electron chi connectivity index (χ3n) is 4.39. The van der Waals surface area contributed by atoms with Crippen molar-refractivity contribution in [3.05, 3.63) is 70.8 Å². The zero-order valence-corrected chi connectivity index (χ0v) is 14.9. The fourth-order valence-corrected chi connectivity index (χ4v) is 2.88. The molecule has 2 aromatic carbocycles. The van der Waals surface area contributed by atoms with E-state index in [4.69, 9.17) is 0 Å². The molecular formula is C21H23N3O2. The summed E-state index contributed by atoms with van der Waals surface area (Å²) in [6, 6.07) is 14.3. The first-order valence-corrected chi connectivity index (χ1v) is 9.05. The Morgan fingerprint density at radius 1 is 1.04 bits per heavy atom. The van der Waals surface area contributed by atoms with E-state index in [-0.39, 0.29) is 11.5 Å². The third-order valence-corrected chi connectivity index (χ3v) is 4.39. The van der Waals surface area contributed by atoms with Gasteiger partial charge in [0.2, 0.25) is 0 Å². The molecule has 0 aliphatic heterocycles. The molecule has 0 aliphatic carbocycles. The van der Waals surface area contributed by atoms with Gasteiger partial charge < -0.3 is 5.32 Å². The summed E-state index contributed by atoms with van der Waals surface area (Å²) in [5.41, 5.74) is 1.83. The number of fused-ring (bicyclic) bond motifs is 1. The molecule has 0 radical (unpaired) electrons. The van der Waals surface area contributed by atoms with E-state index in [1.807, 2.05) is 18.2 Å². The second-order valence-electron chi connectivity index (χ2n) is 6.30. The van der Waals surface area contributed by atoms with Crippen molar-refractivity contribution in [2.45, 2.75) is 32.6 Å². The molecule has 3 aromatic rings. The number of unbranched alkanes of at least 4 members (excludes halogenated alkanes) is 3. The molecule has 26 heavy (non-hydrogen) atoms. The Morgan fingerprint density at radius 3 is 2.58 bits per heavy atom. The molecule has 0 atom stereocenters. The van der Waals surface area contributed by atoms with Gasteiger partial charge in [-0.3, -0.25) is 14.2 Å². The molecule has 134 valence electrons. The normalized spacial score (nSPS) is 10.8. The number of aromatic nitrogens is 2. The Morgan fingerprint density at radius 2 is 1.81 bits per heavy atom. The highest BCUT2D eigenvalue weighted by atomic mass is 16.1. The molecule has 5 nitrogen and oxygen atoms in total. The van der Waals surface area contributed by atoms with Crippen molar-refractivity contribution in [3.63, 3.8) is 0 Å². The maximum absolute atomic E-state index is 12.6. The number of carbonyl (C=O) groups excluding carboxylic acids is 1. The number of hydrogen-bond donors (Lipinski definition) is 1. The van der Waals surface area contributed by atoms with E-state index in [0.717, 1.165) is 12.8 Å². The minimum atomic E-state index is -0.122. The molecule has 0 fully saturated rings. The van der Waals surface area contributed by atoms with E-state index < -0.39 is 0 Å². The second-order valence-corrected chi connectivity index (χ2v) is 6.30. The molecule has 0 spiro atoms. The van der Waals surface area contributed by atoms with E-state index in [1.54, 1.807) is 30.3 Å². The molecule has 0 unspecified atom stereocenters. The highest BCUT2D eigenvalue weighted by molar-refractivity contribution is 5.94. The Labute approximate surface area is 152 Å². The Kier molecular flexibility index (Phi) is 5.79. The standard InChI is InChI=1S/C21H23N3O2/c1-2-3-4-7-14-22-20(25)16-10-12-17(13-11-16)24-15-23-19-9-6-5-8-18(19)21(24)26/h5-6,8-13,15H,2-4,7,14H2,1H3,(H,22,25). The van der Waals surface area contributed by atoms with Crippen LogP contribution in [0.2, 0.25) is 0 Å². The summed E-state index contributed by atoms with van der Waals surface area (Å²) >= 11 is 0. The first-order valence-electron chi connectivity index (χ1n) is 9.05. The quantitative estimate of drug-likeness (QED) is 0.662. The van der Waals surface area contributed by atoms with Gasteiger partial charge in [-0.25, -0.2) is 4.98 Å². The lowest BCUT2D eigenvalue weighted by molar-refractivity contribution is 0.0953. The largest absolute Gasteiger partial charge is 0.352 e. The van der Waals surface area contributed by atoms with Gasteiger partial charge in [-0.15, -0.1) is 0 Å². The molecule has 0 bridgehead atoms. The maximum Gasteiger partial charge on any atom is 0.265 e. The van der Waals surface area contributed by atoms with Gasteiger partial charge in [0.05, 0.1) is 16.6 Å². The van der Waals surface area contributed by atoms with Crippen LogP contribution in [-0.4, -0.2) is 22.0 Å². The molecule has 0 saturated carbocycles. The van der Waals surface area contributed by atoms with E-state index in [9.17, 15) is 9.59 Å². The summed E-state index contributed by atoms with van der Waals surface area (Å²) in [6.45, 7) is 2.85. The summed E-state index contributed by atoms with van der Waals surface area (Å²) in [7, 11) is 0. The van der Waals surface area contributed by atoms with Crippen molar-refractivity contribution in [1.29, 1.82) is 0 Å². The minimum Gasteiger partial charge on any atom is -0.352 e. The van der Waals surface area contributed by atoms with Gasteiger partial charge in [0, 0.05) is 12.1 Å². The SMILES string of the molecule is CCCCCCNC(=O)c1ccc(-n2cnc3ccccc3c2=O)cc1. The summed E-state index contributed by atoms with van der Waals surface area (Å²) in [5.74, 6) is -0.0861. The van der Waals surface area contributed by atoms with Gasteiger partial charge in [-0.1, -0.05) is 38.3 Å². The molecule has 0 aliphatic rings. The lowest BCUT2D eigenvalue weighted by atomic mass is 10.1. The summed E-state index contributed by atoms with van der Waals surface area (Å²) in [6.07, 6.45) is 6.02. The lowest BCUT2D eigenvalue weighted by Crippen LogP contribution is -2.24. The fourth-order valence-electron chi connectivity index (χ4n) is 2.88. The van der Waals surface area contributed by atoms with Gasteiger partial charge in [-0.05, 0) is 42.8 Å². The van der Waals surface area contributed by atoms with E-state index >= 15 is 0 Å². The zero-order chi connectivity index (χ0) is 18.4. The third kappa shape index (κ3) is 3.99. The topological polar surface area (TPSA) is 64.0 Å². The van der Waals surface area contributed by atoms with Gasteiger partial charge in [0.25, 0.3) is 11.5 Å². The van der Waals surface area contributed by atoms with Crippen molar-refractivity contribution >= 4 is 16.8 Å². The van der Waals surface area contributed by atoms with Crippen LogP contribution in [0.5, 0.6) is 0 Å². The van der Waals surface area contributed by atoms with Crippen LogP contribution in [-0.2, 0) is 0 Å². The van der Waals surface area contributed by atoms with Gasteiger partial charge in [0.1, 0.15) is 6.33 Å². The molecule has 0 saturated heterocycles. The number of carbonyl (C=O) groups is 1. The number of hydrogen-bond acceptors (Lipinski definition) is 3. The number of benzene rings is 2. The second kappa shape index (κ2) is 8.43. The smallest absolute Gasteiger partial charge is 0.265 e. The molecule has 3 rings (SSSR count). The number of nitrogens with zero attached hydrogens (tertiary/aromatic N) is 2. The molecule has 1 amide bonds. The number of rotatable bonds is 7. The monoisotopic (exact) mass is 349 g/mol. The minimum absolute atomic E-state index is 0.0861. The summed E-state index contributed by atoms with van der Waals surface area (Å²) in [4.78, 5) is 29.1. The van der Waals surface area contributed by atoms with Crippen LogP contribution in [0.25, 0.3) is 16.6 Å². The predicted molar refractivity (Wildman–Crippen MR) is 104 cm³/mol. The molecule has 1 N–H and O–H groups in total. The van der Waals surface area contributed by atoms with Crippen LogP contribution in [0, 0.1) is 0 Å². The first kappa shape index (κ1) is 17.9. The number of para-hydroxylation sites is 1. The average molecular weight is 349 g/mol. The van der Waals surface area contributed by atoms with Gasteiger partial charge >= 0.3 is 0 Å². The first-order chi connectivity index (χ1) is 12.7. The van der Waals surface area contributed by atoms with Crippen LogP contribution in [0.1, 0.15) is 43.0 Å². The van der Waals surface area contributed by atoms with Crippen LogP contribution >= 0.6 is 0 Å². The van der Waals surface area contributed by atoms with Crippen molar-refractivity contribution in [3.8, 4) is 5.69 Å². The van der Waals surface area contributed by atoms with Crippen LogP contribution in [0.3, 0.4) is 0 Å². The predicted octanol–water partition coefficient (Wildman–Crippen LogP) is 3.70. The maximum atomic E-state index is 12.6. The van der Waals surface area contributed by atoms with Gasteiger partial charge in [-0.2, -0.15) is 0 Å². The zero-order valence-electron chi connectivity index (χ0n) is 14.9. The number of amides is 1. The van der Waals surface area contributed by atoms with Crippen molar-refractivity contribution in [2.75, 3.05) is 6.54 Å². The summed E-state index contributed by atoms with van der Waals surface area (Å²) < 4.78 is 1.49. The number of nitrogens with one attached hydrogen (secondary N) is 1. The van der Waals surface area contributed by atoms with E-state index in [0.29, 0.717) is 28.7 Å². The Balaban J connectivity index is 1.73. The molecule has 1 aromatic heterocycles. The molecular weight excluding hydrogens is 326 g/mol. The average Bonchev–Trinajstić information content (AvgIpc) is 2.68. The highest BCUT2D eigenvalue weighted by Gasteiger charge is 2.08. The summed E-state index contributed by atoms with van der Waals surface area (Å²) in [5, 5.41) is 3.51. The van der Waals surface area contributed by atoms with Crippen molar-refractivity contribution < 1.29 is 4.79 Å².